The Balaban J connectivity index is 1.38. The molecular weight excluding hydrogens is 744 g/mol. The van der Waals surface area contributed by atoms with Gasteiger partial charge in [0.25, 0.3) is 0 Å². The largest absolute Gasteiger partial charge is 0.494 e. The van der Waals surface area contributed by atoms with E-state index in [1.807, 2.05) is 76.2 Å². The molecule has 4 amide bonds. The summed E-state index contributed by atoms with van der Waals surface area (Å²) in [4.78, 5) is 67.5. The summed E-state index contributed by atoms with van der Waals surface area (Å²) >= 11 is 0. The number of hydrogen-bond acceptors (Lipinski definition) is 8. The van der Waals surface area contributed by atoms with E-state index >= 15 is 0 Å². The van der Waals surface area contributed by atoms with Crippen molar-refractivity contribution in [2.75, 3.05) is 26.3 Å². The number of esters is 1. The first-order valence-corrected chi connectivity index (χ1v) is 20.2. The Hall–Kier alpha value is -5.46. The number of aryl methyl sites for hydroxylation is 3. The van der Waals surface area contributed by atoms with Crippen LogP contribution in [0.2, 0.25) is 0 Å². The molecule has 0 aromatic heterocycles. The van der Waals surface area contributed by atoms with Gasteiger partial charge in [-0.1, -0.05) is 48.5 Å². The fourth-order valence-corrected chi connectivity index (χ4v) is 6.68. The second-order valence-electron chi connectivity index (χ2n) is 15.7. The van der Waals surface area contributed by atoms with E-state index in [0.717, 1.165) is 36.0 Å². The Bertz CT molecular complexity index is 1830. The van der Waals surface area contributed by atoms with Crippen molar-refractivity contribution >= 4 is 29.8 Å². The van der Waals surface area contributed by atoms with Crippen LogP contribution in [-0.4, -0.2) is 78.7 Å². The van der Waals surface area contributed by atoms with Crippen LogP contribution in [0.25, 0.3) is 0 Å². The second-order valence-corrected chi connectivity index (χ2v) is 15.7. The number of likely N-dealkylation sites (tertiary alicyclic amines) is 1. The van der Waals surface area contributed by atoms with Crippen molar-refractivity contribution in [1.82, 2.24) is 20.9 Å². The van der Waals surface area contributed by atoms with E-state index in [9.17, 15) is 28.4 Å². The zero-order valence-corrected chi connectivity index (χ0v) is 34.4. The zero-order valence-electron chi connectivity index (χ0n) is 34.4. The van der Waals surface area contributed by atoms with Crippen molar-refractivity contribution in [2.24, 2.45) is 5.92 Å². The fourth-order valence-electron chi connectivity index (χ4n) is 6.68. The van der Waals surface area contributed by atoms with E-state index < -0.39 is 53.6 Å². The summed E-state index contributed by atoms with van der Waals surface area (Å²) in [5, 5.41) is 8.37. The number of ether oxygens (including phenoxy) is 3. The fraction of sp³-hybridized carbons (Fsp3) is 0.489. The lowest BCUT2D eigenvalue weighted by atomic mass is 9.95. The first-order valence-electron chi connectivity index (χ1n) is 20.2. The maximum Gasteiger partial charge on any atom is 0.410 e. The third-order valence-electron chi connectivity index (χ3n) is 9.79. The minimum atomic E-state index is -1.31. The first kappa shape index (κ1) is 45.2. The third kappa shape index (κ3) is 15.8. The lowest BCUT2D eigenvalue weighted by Gasteiger charge is -2.34. The molecule has 0 spiro atoms. The number of benzene rings is 3. The molecule has 3 aromatic carbocycles. The number of amides is 4. The summed E-state index contributed by atoms with van der Waals surface area (Å²) in [6.07, 6.45) is 2.84. The molecule has 0 aliphatic carbocycles. The van der Waals surface area contributed by atoms with Gasteiger partial charge in [-0.15, -0.1) is 0 Å². The molecule has 314 valence electrons. The standard InChI is InChI=1S/C45H59FN4O8/c1-6-56-41(52)28-39(48-40(51)22-19-33-14-10-16-36(46)26-33)43(54)49-38(21-18-32-12-8-7-9-13-32)42(53)47-29-35-27-37(20-17-31(35)2)57-25-23-34-15-11-24-50(30-34)44(55)58-45(3,4)5/h7-10,12-14,16-17,20,26-27,34,38-39H,6,11,15,18-19,21-25,28-30H2,1-5H3,(H,47,53)(H,48,51)(H,49,54). The zero-order chi connectivity index (χ0) is 42.1. The molecule has 1 saturated heterocycles. The van der Waals surface area contributed by atoms with Crippen molar-refractivity contribution in [2.45, 2.75) is 110 Å². The summed E-state index contributed by atoms with van der Waals surface area (Å²) in [6.45, 7) is 11.2. The Kier molecular flexibility index (Phi) is 17.5. The van der Waals surface area contributed by atoms with Crippen LogP contribution in [-0.2, 0) is 48.0 Å². The van der Waals surface area contributed by atoms with Gasteiger partial charge in [0.2, 0.25) is 17.7 Å². The molecule has 0 radical (unpaired) electrons. The highest BCUT2D eigenvalue weighted by Gasteiger charge is 2.30. The van der Waals surface area contributed by atoms with Crippen LogP contribution in [0.1, 0.15) is 88.5 Å². The molecule has 0 bridgehead atoms. The van der Waals surface area contributed by atoms with Gasteiger partial charge in [0.15, 0.2) is 0 Å². The van der Waals surface area contributed by atoms with Gasteiger partial charge >= 0.3 is 12.1 Å². The Morgan fingerprint density at radius 3 is 2.38 bits per heavy atom. The van der Waals surface area contributed by atoms with Crippen molar-refractivity contribution in [3.05, 3.63) is 101 Å². The van der Waals surface area contributed by atoms with Crippen LogP contribution in [0.4, 0.5) is 9.18 Å². The topological polar surface area (TPSA) is 152 Å². The van der Waals surface area contributed by atoms with Crippen LogP contribution < -0.4 is 20.7 Å². The van der Waals surface area contributed by atoms with Crippen LogP contribution >= 0.6 is 0 Å². The molecule has 1 aliphatic rings. The van der Waals surface area contributed by atoms with Gasteiger partial charge in [-0.2, -0.15) is 0 Å². The molecule has 1 aliphatic heterocycles. The average Bonchev–Trinajstić information content (AvgIpc) is 3.18. The van der Waals surface area contributed by atoms with Crippen molar-refractivity contribution in [3.8, 4) is 5.75 Å². The van der Waals surface area contributed by atoms with E-state index in [0.29, 0.717) is 43.3 Å². The monoisotopic (exact) mass is 802 g/mol. The number of piperidine rings is 1. The van der Waals surface area contributed by atoms with Crippen LogP contribution in [0.5, 0.6) is 5.75 Å². The summed E-state index contributed by atoms with van der Waals surface area (Å²) in [6, 6.07) is 18.8. The van der Waals surface area contributed by atoms with Gasteiger partial charge in [0, 0.05) is 26.1 Å². The highest BCUT2D eigenvalue weighted by Crippen LogP contribution is 2.23. The first-order chi connectivity index (χ1) is 27.7. The number of rotatable bonds is 19. The summed E-state index contributed by atoms with van der Waals surface area (Å²) in [5.41, 5.74) is 2.80. The van der Waals surface area contributed by atoms with E-state index in [4.69, 9.17) is 14.2 Å². The maximum absolute atomic E-state index is 13.8. The van der Waals surface area contributed by atoms with Gasteiger partial charge in [-0.3, -0.25) is 19.2 Å². The number of carbonyl (C=O) groups excluding carboxylic acids is 5. The van der Waals surface area contributed by atoms with Gasteiger partial charge in [0.05, 0.1) is 19.6 Å². The summed E-state index contributed by atoms with van der Waals surface area (Å²) in [7, 11) is 0. The summed E-state index contributed by atoms with van der Waals surface area (Å²) < 4.78 is 30.5. The normalized spacial score (nSPS) is 15.1. The molecule has 12 nitrogen and oxygen atoms in total. The Morgan fingerprint density at radius 2 is 1.66 bits per heavy atom. The van der Waals surface area contributed by atoms with Gasteiger partial charge < -0.3 is 35.1 Å². The van der Waals surface area contributed by atoms with E-state index in [-0.39, 0.29) is 38.5 Å². The molecular formula is C45H59FN4O8. The molecule has 58 heavy (non-hydrogen) atoms. The van der Waals surface area contributed by atoms with Crippen molar-refractivity contribution in [1.29, 1.82) is 0 Å². The number of nitrogens with zero attached hydrogens (tertiary/aromatic N) is 1. The predicted molar refractivity (Wildman–Crippen MR) is 218 cm³/mol. The average molecular weight is 803 g/mol. The second kappa shape index (κ2) is 22.5. The number of hydrogen-bond donors (Lipinski definition) is 3. The molecule has 1 fully saturated rings. The molecule has 3 aromatic rings. The lowest BCUT2D eigenvalue weighted by Crippen LogP contribution is -2.54. The highest BCUT2D eigenvalue weighted by molar-refractivity contribution is 5.94. The third-order valence-corrected chi connectivity index (χ3v) is 9.79. The Labute approximate surface area is 341 Å². The van der Waals surface area contributed by atoms with Crippen molar-refractivity contribution in [3.63, 3.8) is 0 Å². The predicted octanol–water partition coefficient (Wildman–Crippen LogP) is 6.35. The highest BCUT2D eigenvalue weighted by atomic mass is 19.1. The molecule has 1 heterocycles. The molecule has 0 saturated carbocycles. The maximum atomic E-state index is 13.8. The van der Waals surface area contributed by atoms with Crippen LogP contribution in [0, 0.1) is 18.7 Å². The number of carbonyl (C=O) groups is 5. The van der Waals surface area contributed by atoms with Gasteiger partial charge in [0.1, 0.15) is 29.3 Å². The van der Waals surface area contributed by atoms with Gasteiger partial charge in [-0.05, 0) is 126 Å². The molecule has 4 rings (SSSR count). The minimum absolute atomic E-state index is 0.0522. The molecule has 3 unspecified atom stereocenters. The number of halogens is 1. The minimum Gasteiger partial charge on any atom is -0.494 e. The van der Waals surface area contributed by atoms with Crippen LogP contribution in [0.15, 0.2) is 72.8 Å². The molecule has 13 heteroatoms. The SMILES string of the molecule is CCOC(=O)CC(NC(=O)CCc1cccc(F)c1)C(=O)NC(CCc1ccccc1)C(=O)NCc1cc(OCCC2CCCN(C(=O)OC(C)(C)C)C2)ccc1C. The number of nitrogens with one attached hydrogen (secondary N) is 3. The van der Waals surface area contributed by atoms with Gasteiger partial charge in [-0.25, -0.2) is 9.18 Å². The molecule has 3 atom stereocenters. The lowest BCUT2D eigenvalue weighted by molar-refractivity contribution is -0.146. The van der Waals surface area contributed by atoms with E-state index in [1.54, 1.807) is 24.0 Å². The van der Waals surface area contributed by atoms with E-state index in [1.165, 1.54) is 12.1 Å². The summed E-state index contributed by atoms with van der Waals surface area (Å²) in [5.74, 6) is -1.82. The van der Waals surface area contributed by atoms with Crippen molar-refractivity contribution < 1.29 is 42.6 Å². The van der Waals surface area contributed by atoms with Crippen LogP contribution in [0.3, 0.4) is 0 Å². The van der Waals surface area contributed by atoms with E-state index in [2.05, 4.69) is 16.0 Å². The molecule has 3 N–H and O–H groups in total. The quantitative estimate of drug-likeness (QED) is 0.119. The Morgan fingerprint density at radius 1 is 0.897 bits per heavy atom. The smallest absolute Gasteiger partial charge is 0.410 e.